The molecule has 0 spiro atoms. The van der Waals surface area contributed by atoms with Crippen molar-refractivity contribution in [1.82, 2.24) is 0 Å². The zero-order valence-electron chi connectivity index (χ0n) is 11.3. The third-order valence-corrected chi connectivity index (χ3v) is 2.60. The predicted molar refractivity (Wildman–Crippen MR) is 76.3 cm³/mol. The first kappa shape index (κ1) is 15.8. The molecule has 0 amide bonds. The van der Waals surface area contributed by atoms with Gasteiger partial charge in [0, 0.05) is 19.2 Å². The van der Waals surface area contributed by atoms with E-state index in [0.29, 0.717) is 36.3 Å². The Hall–Kier alpha value is -1.26. The molecule has 0 aromatic heterocycles. The molecule has 0 aliphatic rings. The lowest BCUT2D eigenvalue weighted by molar-refractivity contribution is 0.0970. The van der Waals surface area contributed by atoms with Gasteiger partial charge in [-0.25, -0.2) is 0 Å². The highest BCUT2D eigenvalue weighted by atomic mass is 35.5. The second kappa shape index (κ2) is 8.77. The summed E-state index contributed by atoms with van der Waals surface area (Å²) in [6, 6.07) is 5.60. The normalized spacial score (nSPS) is 11.4. The Morgan fingerprint density at radius 1 is 1.42 bits per heavy atom. The molecule has 0 saturated carbocycles. The smallest absolute Gasteiger partial charge is 0.137 e. The highest BCUT2D eigenvalue weighted by Gasteiger charge is 2.03. The molecule has 0 atom stereocenters. The molecule has 0 aliphatic carbocycles. The first-order valence-corrected chi connectivity index (χ1v) is 6.66. The van der Waals surface area contributed by atoms with Crippen LogP contribution in [0.15, 0.2) is 23.4 Å². The molecular weight excluding hydrogens is 266 g/mol. The third-order valence-electron chi connectivity index (χ3n) is 2.30. The molecule has 4 nitrogen and oxygen atoms in total. The Balaban J connectivity index is 2.44. The largest absolute Gasteiger partial charge is 0.492 e. The van der Waals surface area contributed by atoms with E-state index in [0.717, 1.165) is 12.2 Å². The Kier molecular flexibility index (Phi) is 7.30. The van der Waals surface area contributed by atoms with Crippen molar-refractivity contribution < 1.29 is 14.7 Å². The topological polar surface area (TPSA) is 51.0 Å². The summed E-state index contributed by atoms with van der Waals surface area (Å²) in [6.07, 6.45) is 1.91. The van der Waals surface area contributed by atoms with Gasteiger partial charge in [-0.2, -0.15) is 0 Å². The maximum atomic E-state index is 8.25. The van der Waals surface area contributed by atoms with Crippen molar-refractivity contribution in [1.29, 1.82) is 0 Å². The lowest BCUT2D eigenvalue weighted by Gasteiger charge is -2.10. The Morgan fingerprint density at radius 3 is 2.84 bits per heavy atom. The maximum Gasteiger partial charge on any atom is 0.137 e. The van der Waals surface area contributed by atoms with E-state index in [1.807, 2.05) is 18.2 Å². The lowest BCUT2D eigenvalue weighted by atomic mass is 10.2. The summed E-state index contributed by atoms with van der Waals surface area (Å²) >= 11 is 6.12. The molecule has 0 saturated heterocycles. The Labute approximate surface area is 119 Å². The van der Waals surface area contributed by atoms with Gasteiger partial charge in [0.05, 0.1) is 18.2 Å². The first-order valence-electron chi connectivity index (χ1n) is 6.28. The number of oxime groups is 1. The SMILES string of the molecule is CC(C)COCc1ccc(OCCC=NO)c(Cl)c1. The summed E-state index contributed by atoms with van der Waals surface area (Å²) in [6.45, 7) is 5.93. The van der Waals surface area contributed by atoms with Crippen LogP contribution in [0.5, 0.6) is 5.75 Å². The minimum atomic E-state index is 0.424. The van der Waals surface area contributed by atoms with Gasteiger partial charge in [0.15, 0.2) is 0 Å². The Morgan fingerprint density at radius 2 is 2.21 bits per heavy atom. The zero-order chi connectivity index (χ0) is 14.1. The van der Waals surface area contributed by atoms with Gasteiger partial charge >= 0.3 is 0 Å². The molecule has 1 rings (SSSR count). The molecule has 1 N–H and O–H groups in total. The highest BCUT2D eigenvalue weighted by Crippen LogP contribution is 2.25. The molecule has 19 heavy (non-hydrogen) atoms. The molecule has 0 heterocycles. The van der Waals surface area contributed by atoms with E-state index in [-0.39, 0.29) is 0 Å². The van der Waals surface area contributed by atoms with E-state index in [1.165, 1.54) is 6.21 Å². The van der Waals surface area contributed by atoms with Crippen LogP contribution in [0, 0.1) is 5.92 Å². The molecule has 1 aromatic rings. The molecule has 0 unspecified atom stereocenters. The fraction of sp³-hybridized carbons (Fsp3) is 0.500. The average Bonchev–Trinajstić information content (AvgIpc) is 2.36. The average molecular weight is 286 g/mol. The van der Waals surface area contributed by atoms with Gasteiger partial charge in [0.1, 0.15) is 5.75 Å². The van der Waals surface area contributed by atoms with Gasteiger partial charge in [-0.3, -0.25) is 0 Å². The van der Waals surface area contributed by atoms with Crippen molar-refractivity contribution in [2.75, 3.05) is 13.2 Å². The predicted octanol–water partition coefficient (Wildman–Crippen LogP) is 3.74. The molecular formula is C14H20ClNO3. The quantitative estimate of drug-likeness (QED) is 0.343. The summed E-state index contributed by atoms with van der Waals surface area (Å²) < 4.78 is 11.0. The van der Waals surface area contributed by atoms with Gasteiger partial charge in [-0.15, -0.1) is 5.16 Å². The number of nitrogens with zero attached hydrogens (tertiary/aromatic N) is 1. The van der Waals surface area contributed by atoms with Crippen LogP contribution in [-0.4, -0.2) is 24.6 Å². The van der Waals surface area contributed by atoms with Crippen molar-refractivity contribution in [3.8, 4) is 5.75 Å². The van der Waals surface area contributed by atoms with Crippen LogP contribution in [0.1, 0.15) is 25.8 Å². The number of hydrogen-bond donors (Lipinski definition) is 1. The van der Waals surface area contributed by atoms with Gasteiger partial charge in [0.25, 0.3) is 0 Å². The van der Waals surface area contributed by atoms with Crippen molar-refractivity contribution in [2.24, 2.45) is 11.1 Å². The van der Waals surface area contributed by atoms with Crippen molar-refractivity contribution in [3.63, 3.8) is 0 Å². The standard InChI is InChI=1S/C14H20ClNO3/c1-11(2)9-18-10-12-4-5-14(13(15)8-12)19-7-3-6-16-17/h4-6,8,11,17H,3,7,9-10H2,1-2H3. The van der Waals surface area contributed by atoms with Crippen LogP contribution in [0.2, 0.25) is 5.02 Å². The summed E-state index contributed by atoms with van der Waals surface area (Å²) in [5, 5.41) is 11.7. The van der Waals surface area contributed by atoms with Crippen LogP contribution in [0.3, 0.4) is 0 Å². The van der Waals surface area contributed by atoms with Gasteiger partial charge in [-0.1, -0.05) is 31.5 Å². The summed E-state index contributed by atoms with van der Waals surface area (Å²) in [4.78, 5) is 0. The molecule has 5 heteroatoms. The number of rotatable bonds is 8. The minimum Gasteiger partial charge on any atom is -0.492 e. The second-order valence-corrected chi connectivity index (χ2v) is 5.02. The number of hydrogen-bond acceptors (Lipinski definition) is 4. The fourth-order valence-corrected chi connectivity index (χ4v) is 1.70. The van der Waals surface area contributed by atoms with Crippen LogP contribution in [0.4, 0.5) is 0 Å². The van der Waals surface area contributed by atoms with Crippen LogP contribution >= 0.6 is 11.6 Å². The molecule has 0 bridgehead atoms. The summed E-state index contributed by atoms with van der Waals surface area (Å²) in [5.74, 6) is 1.15. The van der Waals surface area contributed by atoms with E-state index >= 15 is 0 Å². The third kappa shape index (κ3) is 6.45. The zero-order valence-corrected chi connectivity index (χ0v) is 12.1. The van der Waals surface area contributed by atoms with Crippen molar-refractivity contribution in [2.45, 2.75) is 26.9 Å². The lowest BCUT2D eigenvalue weighted by Crippen LogP contribution is -2.02. The monoisotopic (exact) mass is 285 g/mol. The van der Waals surface area contributed by atoms with Crippen LogP contribution in [0.25, 0.3) is 0 Å². The van der Waals surface area contributed by atoms with E-state index < -0.39 is 0 Å². The molecule has 0 aliphatic heterocycles. The van der Waals surface area contributed by atoms with E-state index in [9.17, 15) is 0 Å². The van der Waals surface area contributed by atoms with Crippen molar-refractivity contribution >= 4 is 17.8 Å². The van der Waals surface area contributed by atoms with E-state index in [1.54, 1.807) is 0 Å². The van der Waals surface area contributed by atoms with E-state index in [2.05, 4.69) is 19.0 Å². The first-order chi connectivity index (χ1) is 9.13. The minimum absolute atomic E-state index is 0.424. The summed E-state index contributed by atoms with van der Waals surface area (Å²) in [7, 11) is 0. The highest BCUT2D eigenvalue weighted by molar-refractivity contribution is 6.32. The molecule has 0 radical (unpaired) electrons. The maximum absolute atomic E-state index is 8.25. The second-order valence-electron chi connectivity index (χ2n) is 4.61. The molecule has 0 fully saturated rings. The van der Waals surface area contributed by atoms with Crippen molar-refractivity contribution in [3.05, 3.63) is 28.8 Å². The van der Waals surface area contributed by atoms with Gasteiger partial charge < -0.3 is 14.7 Å². The van der Waals surface area contributed by atoms with Crippen LogP contribution < -0.4 is 4.74 Å². The summed E-state index contributed by atoms with van der Waals surface area (Å²) in [5.41, 5.74) is 1.02. The van der Waals surface area contributed by atoms with E-state index in [4.69, 9.17) is 26.3 Å². The van der Waals surface area contributed by atoms with Crippen LogP contribution in [-0.2, 0) is 11.3 Å². The number of benzene rings is 1. The molecule has 106 valence electrons. The number of halogens is 1. The fourth-order valence-electron chi connectivity index (χ4n) is 1.44. The van der Waals surface area contributed by atoms with Gasteiger partial charge in [0.2, 0.25) is 0 Å². The molecule has 1 aromatic carbocycles. The Bertz CT molecular complexity index is 408. The van der Waals surface area contributed by atoms with Gasteiger partial charge in [-0.05, 0) is 23.6 Å². The number of ether oxygens (including phenoxy) is 2.